The molecule has 1 aliphatic rings. The van der Waals surface area contributed by atoms with E-state index in [1.165, 1.54) is 0 Å². The monoisotopic (exact) mass is 348 g/mol. The molecule has 0 radical (unpaired) electrons. The van der Waals surface area contributed by atoms with Crippen LogP contribution in [-0.2, 0) is 11.2 Å². The molecule has 0 aromatic heterocycles. The lowest BCUT2D eigenvalue weighted by atomic mass is 10.1. The van der Waals surface area contributed by atoms with Crippen molar-refractivity contribution in [3.8, 4) is 11.5 Å². The predicted molar refractivity (Wildman–Crippen MR) is 98.1 cm³/mol. The van der Waals surface area contributed by atoms with Crippen molar-refractivity contribution < 1.29 is 14.3 Å². The molecule has 0 spiro atoms. The molecule has 138 valence electrons. The van der Waals surface area contributed by atoms with Gasteiger partial charge < -0.3 is 25.4 Å². The summed E-state index contributed by atoms with van der Waals surface area (Å²) in [5.41, 5.74) is 1.16. The molecule has 3 N–H and O–H groups in total. The van der Waals surface area contributed by atoms with Gasteiger partial charge in [-0.15, -0.1) is 0 Å². The third kappa shape index (κ3) is 6.17. The molecule has 1 aliphatic heterocycles. The zero-order chi connectivity index (χ0) is 18.1. The number of carbonyl (C=O) groups is 1. The van der Waals surface area contributed by atoms with E-state index >= 15 is 0 Å². The van der Waals surface area contributed by atoms with Gasteiger partial charge in [0, 0.05) is 32.1 Å². The molecule has 0 atom stereocenters. The van der Waals surface area contributed by atoms with Gasteiger partial charge in [0.25, 0.3) is 0 Å². The Morgan fingerprint density at radius 1 is 1.16 bits per heavy atom. The Hall–Kier alpha value is -2.44. The SMILES string of the molecule is CCNC(=NCCc1ccc2c(c1)OCO2)NCCNC(=O)C(C)C. The maximum atomic E-state index is 11.5. The summed E-state index contributed by atoms with van der Waals surface area (Å²) in [5, 5.41) is 9.30. The Labute approximate surface area is 149 Å². The van der Waals surface area contributed by atoms with Gasteiger partial charge in [-0.05, 0) is 31.0 Å². The molecule has 25 heavy (non-hydrogen) atoms. The summed E-state index contributed by atoms with van der Waals surface area (Å²) in [4.78, 5) is 16.1. The van der Waals surface area contributed by atoms with Crippen LogP contribution in [0.1, 0.15) is 26.3 Å². The number of hydrogen-bond acceptors (Lipinski definition) is 4. The number of aliphatic imine (C=N–C) groups is 1. The minimum atomic E-state index is 0.00334. The van der Waals surface area contributed by atoms with Crippen molar-refractivity contribution in [2.45, 2.75) is 27.2 Å². The minimum Gasteiger partial charge on any atom is -0.454 e. The molecule has 1 heterocycles. The summed E-state index contributed by atoms with van der Waals surface area (Å²) < 4.78 is 10.7. The number of benzene rings is 1. The van der Waals surface area contributed by atoms with Crippen molar-refractivity contribution in [1.82, 2.24) is 16.0 Å². The Balaban J connectivity index is 1.76. The lowest BCUT2D eigenvalue weighted by Gasteiger charge is -2.12. The highest BCUT2D eigenvalue weighted by molar-refractivity contribution is 5.80. The van der Waals surface area contributed by atoms with Crippen LogP contribution in [0.15, 0.2) is 23.2 Å². The normalized spacial score (nSPS) is 13.0. The number of ether oxygens (including phenoxy) is 2. The predicted octanol–water partition coefficient (Wildman–Crippen LogP) is 1.29. The number of guanidine groups is 1. The Bertz CT molecular complexity index is 602. The van der Waals surface area contributed by atoms with Crippen LogP contribution in [0.2, 0.25) is 0 Å². The van der Waals surface area contributed by atoms with Gasteiger partial charge in [-0.2, -0.15) is 0 Å². The van der Waals surface area contributed by atoms with Crippen LogP contribution < -0.4 is 25.4 Å². The van der Waals surface area contributed by atoms with E-state index in [0.29, 0.717) is 26.4 Å². The molecule has 0 aliphatic carbocycles. The van der Waals surface area contributed by atoms with E-state index in [2.05, 4.69) is 20.9 Å². The van der Waals surface area contributed by atoms with Crippen LogP contribution in [-0.4, -0.2) is 44.8 Å². The summed E-state index contributed by atoms with van der Waals surface area (Å²) in [6, 6.07) is 5.97. The molecule has 1 amide bonds. The first kappa shape index (κ1) is 18.9. The third-order valence-corrected chi connectivity index (χ3v) is 3.69. The van der Waals surface area contributed by atoms with E-state index in [1.54, 1.807) is 0 Å². The van der Waals surface area contributed by atoms with E-state index in [4.69, 9.17) is 9.47 Å². The molecule has 2 rings (SSSR count). The number of carbonyl (C=O) groups excluding carboxylic acids is 1. The molecule has 7 heteroatoms. The van der Waals surface area contributed by atoms with Crippen LogP contribution in [0.4, 0.5) is 0 Å². The first-order chi connectivity index (χ1) is 12.1. The van der Waals surface area contributed by atoms with Crippen molar-refractivity contribution in [3.63, 3.8) is 0 Å². The number of hydrogen-bond donors (Lipinski definition) is 3. The molecule has 0 saturated heterocycles. The molecule has 0 unspecified atom stereocenters. The zero-order valence-electron chi connectivity index (χ0n) is 15.2. The van der Waals surface area contributed by atoms with E-state index < -0.39 is 0 Å². The first-order valence-electron chi connectivity index (χ1n) is 8.78. The summed E-state index contributed by atoms with van der Waals surface area (Å²) in [6.07, 6.45) is 0.817. The number of nitrogens with one attached hydrogen (secondary N) is 3. The number of fused-ring (bicyclic) bond motifs is 1. The fourth-order valence-corrected chi connectivity index (χ4v) is 2.31. The second-order valence-corrected chi connectivity index (χ2v) is 6.07. The third-order valence-electron chi connectivity index (χ3n) is 3.69. The molecular weight excluding hydrogens is 320 g/mol. The van der Waals surface area contributed by atoms with Crippen molar-refractivity contribution in [3.05, 3.63) is 23.8 Å². The van der Waals surface area contributed by atoms with E-state index in [1.807, 2.05) is 39.0 Å². The fraction of sp³-hybridized carbons (Fsp3) is 0.556. The van der Waals surface area contributed by atoms with Crippen molar-refractivity contribution in [1.29, 1.82) is 0 Å². The van der Waals surface area contributed by atoms with E-state index in [9.17, 15) is 4.79 Å². The van der Waals surface area contributed by atoms with Crippen LogP contribution in [0.5, 0.6) is 11.5 Å². The highest BCUT2D eigenvalue weighted by atomic mass is 16.7. The smallest absolute Gasteiger partial charge is 0.231 e. The number of nitrogens with zero attached hydrogens (tertiary/aromatic N) is 1. The van der Waals surface area contributed by atoms with Crippen LogP contribution in [0.3, 0.4) is 0 Å². The van der Waals surface area contributed by atoms with Gasteiger partial charge in [-0.1, -0.05) is 19.9 Å². The molecular formula is C18H28N4O3. The van der Waals surface area contributed by atoms with Crippen LogP contribution >= 0.6 is 0 Å². The summed E-state index contributed by atoms with van der Waals surface area (Å²) in [7, 11) is 0. The second-order valence-electron chi connectivity index (χ2n) is 6.07. The maximum absolute atomic E-state index is 11.5. The lowest BCUT2D eigenvalue weighted by Crippen LogP contribution is -2.42. The van der Waals surface area contributed by atoms with Crippen molar-refractivity contribution in [2.24, 2.45) is 10.9 Å². The summed E-state index contributed by atoms with van der Waals surface area (Å²) in [5.74, 6) is 2.41. The topological polar surface area (TPSA) is 84.0 Å². The Morgan fingerprint density at radius 2 is 1.92 bits per heavy atom. The zero-order valence-corrected chi connectivity index (χ0v) is 15.2. The quantitative estimate of drug-likeness (QED) is 0.374. The minimum absolute atomic E-state index is 0.00334. The van der Waals surface area contributed by atoms with Crippen LogP contribution in [0, 0.1) is 5.92 Å². The van der Waals surface area contributed by atoms with Gasteiger partial charge in [0.05, 0.1) is 0 Å². The summed E-state index contributed by atoms with van der Waals surface area (Å²) >= 11 is 0. The fourth-order valence-electron chi connectivity index (χ4n) is 2.31. The van der Waals surface area contributed by atoms with Gasteiger partial charge in [-0.25, -0.2) is 0 Å². The highest BCUT2D eigenvalue weighted by Crippen LogP contribution is 2.32. The van der Waals surface area contributed by atoms with Crippen molar-refractivity contribution >= 4 is 11.9 Å². The van der Waals surface area contributed by atoms with E-state index in [-0.39, 0.29) is 11.8 Å². The lowest BCUT2D eigenvalue weighted by molar-refractivity contribution is -0.123. The Morgan fingerprint density at radius 3 is 2.68 bits per heavy atom. The van der Waals surface area contributed by atoms with Gasteiger partial charge >= 0.3 is 0 Å². The average molecular weight is 348 g/mol. The highest BCUT2D eigenvalue weighted by Gasteiger charge is 2.12. The second kappa shape index (κ2) is 9.76. The molecule has 0 bridgehead atoms. The first-order valence-corrected chi connectivity index (χ1v) is 8.78. The van der Waals surface area contributed by atoms with Crippen molar-refractivity contribution in [2.75, 3.05) is 33.0 Å². The molecule has 0 saturated carbocycles. The van der Waals surface area contributed by atoms with E-state index in [0.717, 1.165) is 36.0 Å². The largest absolute Gasteiger partial charge is 0.454 e. The number of amides is 1. The van der Waals surface area contributed by atoms with Gasteiger partial charge in [0.1, 0.15) is 0 Å². The van der Waals surface area contributed by atoms with Crippen LogP contribution in [0.25, 0.3) is 0 Å². The summed E-state index contributed by atoms with van der Waals surface area (Å²) in [6.45, 7) is 8.72. The maximum Gasteiger partial charge on any atom is 0.231 e. The van der Waals surface area contributed by atoms with Gasteiger partial charge in [0.15, 0.2) is 17.5 Å². The Kier molecular flexibility index (Phi) is 7.37. The molecule has 7 nitrogen and oxygen atoms in total. The molecule has 1 aromatic carbocycles. The standard InChI is InChI=1S/C18H28N4O3/c1-4-19-18(22-10-9-20-17(23)13(2)3)21-8-7-14-5-6-15-16(11-14)25-12-24-15/h5-6,11,13H,4,7-10,12H2,1-3H3,(H,20,23)(H2,19,21,22). The average Bonchev–Trinajstić information content (AvgIpc) is 3.06. The van der Waals surface area contributed by atoms with Gasteiger partial charge in [-0.3, -0.25) is 9.79 Å². The van der Waals surface area contributed by atoms with Gasteiger partial charge in [0.2, 0.25) is 12.7 Å². The molecule has 1 aromatic rings. The number of rotatable bonds is 8. The molecule has 0 fully saturated rings.